The van der Waals surface area contributed by atoms with Crippen molar-refractivity contribution >= 4 is 22.9 Å². The highest BCUT2D eigenvalue weighted by Gasteiger charge is 2.31. The summed E-state index contributed by atoms with van der Waals surface area (Å²) in [6.45, 7) is 4.02. The molecule has 0 bridgehead atoms. The second-order valence-electron chi connectivity index (χ2n) is 5.56. The summed E-state index contributed by atoms with van der Waals surface area (Å²) in [6, 6.07) is 4.81. The average Bonchev–Trinajstić information content (AvgIpc) is 2.74. The van der Waals surface area contributed by atoms with Gasteiger partial charge in [-0.1, -0.05) is 26.0 Å². The lowest BCUT2D eigenvalue weighted by atomic mass is 10.0. The van der Waals surface area contributed by atoms with Crippen LogP contribution in [0.4, 0.5) is 0 Å². The van der Waals surface area contributed by atoms with Gasteiger partial charge in [0.2, 0.25) is 11.8 Å². The number of benzene rings is 1. The molecule has 1 aliphatic heterocycles. The summed E-state index contributed by atoms with van der Waals surface area (Å²) < 4.78 is 6.71. The quantitative estimate of drug-likeness (QED) is 0.853. The standard InChI is InChI=1S/C15H16N2O4/c1-8(2)9-4-3-5-10-13(9)21-15(20)17(10)11-6-7-12(18)16-14(11)19/h3-5,8,11H,6-7H2,1-2H3,(H,16,18,19). The smallest absolute Gasteiger partial charge is 0.407 e. The molecule has 1 N–H and O–H groups in total. The number of piperidine rings is 1. The van der Waals surface area contributed by atoms with Crippen molar-refractivity contribution in [2.75, 3.05) is 0 Å². The lowest BCUT2D eigenvalue weighted by molar-refractivity contribution is -0.135. The van der Waals surface area contributed by atoms with Gasteiger partial charge in [0.05, 0.1) is 5.52 Å². The molecule has 110 valence electrons. The van der Waals surface area contributed by atoms with Gasteiger partial charge in [-0.3, -0.25) is 19.5 Å². The molecule has 1 fully saturated rings. The number of hydrogen-bond acceptors (Lipinski definition) is 4. The van der Waals surface area contributed by atoms with E-state index in [1.165, 1.54) is 4.57 Å². The van der Waals surface area contributed by atoms with Gasteiger partial charge in [0.1, 0.15) is 6.04 Å². The fraction of sp³-hybridized carbons (Fsp3) is 0.400. The lowest BCUT2D eigenvalue weighted by Gasteiger charge is -2.21. The molecule has 0 aliphatic carbocycles. The number of carbonyl (C=O) groups is 2. The van der Waals surface area contributed by atoms with Gasteiger partial charge >= 0.3 is 5.76 Å². The van der Waals surface area contributed by atoms with Crippen molar-refractivity contribution in [2.45, 2.75) is 38.6 Å². The minimum atomic E-state index is -0.695. The number of carbonyl (C=O) groups excluding carboxylic acids is 2. The first-order valence-corrected chi connectivity index (χ1v) is 6.96. The van der Waals surface area contributed by atoms with Crippen molar-refractivity contribution in [3.8, 4) is 0 Å². The molecule has 2 heterocycles. The normalized spacial score (nSPS) is 19.3. The van der Waals surface area contributed by atoms with E-state index in [0.717, 1.165) is 5.56 Å². The first kappa shape index (κ1) is 13.6. The fourth-order valence-corrected chi connectivity index (χ4v) is 2.76. The van der Waals surface area contributed by atoms with Crippen molar-refractivity contribution < 1.29 is 14.0 Å². The zero-order valence-electron chi connectivity index (χ0n) is 11.9. The maximum atomic E-state index is 12.2. The van der Waals surface area contributed by atoms with Gasteiger partial charge in [-0.05, 0) is 24.0 Å². The summed E-state index contributed by atoms with van der Waals surface area (Å²) in [5.74, 6) is -1.12. The number of imide groups is 1. The average molecular weight is 288 g/mol. The van der Waals surface area contributed by atoms with Crippen LogP contribution in [0, 0.1) is 0 Å². The predicted octanol–water partition coefficient (Wildman–Crippen LogP) is 1.70. The number of fused-ring (bicyclic) bond motifs is 1. The van der Waals surface area contributed by atoms with E-state index < -0.39 is 17.7 Å². The molecule has 21 heavy (non-hydrogen) atoms. The highest BCUT2D eigenvalue weighted by atomic mass is 16.4. The zero-order chi connectivity index (χ0) is 15.1. The second kappa shape index (κ2) is 4.87. The van der Waals surface area contributed by atoms with Crippen LogP contribution in [0.5, 0.6) is 0 Å². The zero-order valence-corrected chi connectivity index (χ0v) is 11.9. The van der Waals surface area contributed by atoms with E-state index in [-0.39, 0.29) is 18.2 Å². The van der Waals surface area contributed by atoms with Gasteiger partial charge in [0.25, 0.3) is 0 Å². The van der Waals surface area contributed by atoms with Gasteiger partial charge in [-0.15, -0.1) is 0 Å². The SMILES string of the molecule is CC(C)c1cccc2c1oc(=O)n2C1CCC(=O)NC1=O. The highest BCUT2D eigenvalue weighted by molar-refractivity contribution is 6.00. The number of nitrogens with one attached hydrogen (secondary N) is 1. The van der Waals surface area contributed by atoms with Crippen molar-refractivity contribution in [3.63, 3.8) is 0 Å². The molecule has 0 saturated carbocycles. The molecule has 3 rings (SSSR count). The van der Waals surface area contributed by atoms with Crippen LogP contribution in [-0.2, 0) is 9.59 Å². The Morgan fingerprint density at radius 2 is 2.05 bits per heavy atom. The Morgan fingerprint density at radius 3 is 2.71 bits per heavy atom. The molecule has 1 aromatic carbocycles. The summed E-state index contributed by atoms with van der Waals surface area (Å²) in [7, 11) is 0. The number of aromatic nitrogens is 1. The number of nitrogens with zero attached hydrogens (tertiary/aromatic N) is 1. The molecule has 0 spiro atoms. The van der Waals surface area contributed by atoms with Crippen LogP contribution in [0.15, 0.2) is 27.4 Å². The Bertz CT molecular complexity index is 785. The molecule has 2 amide bonds. The van der Waals surface area contributed by atoms with E-state index in [2.05, 4.69) is 5.32 Å². The van der Waals surface area contributed by atoms with E-state index >= 15 is 0 Å². The number of para-hydroxylation sites is 1. The molecule has 1 saturated heterocycles. The van der Waals surface area contributed by atoms with Gasteiger partial charge in [0, 0.05) is 6.42 Å². The van der Waals surface area contributed by atoms with Crippen LogP contribution in [0.3, 0.4) is 0 Å². The van der Waals surface area contributed by atoms with Crippen LogP contribution in [0.1, 0.15) is 44.2 Å². The Balaban J connectivity index is 2.18. The van der Waals surface area contributed by atoms with E-state index in [1.54, 1.807) is 6.07 Å². The minimum Gasteiger partial charge on any atom is -0.407 e. The second-order valence-corrected chi connectivity index (χ2v) is 5.56. The molecule has 0 radical (unpaired) electrons. The largest absolute Gasteiger partial charge is 0.420 e. The topological polar surface area (TPSA) is 81.3 Å². The van der Waals surface area contributed by atoms with E-state index in [1.807, 2.05) is 26.0 Å². The van der Waals surface area contributed by atoms with E-state index in [9.17, 15) is 14.4 Å². The van der Waals surface area contributed by atoms with Crippen LogP contribution in [-0.4, -0.2) is 16.4 Å². The molecule has 1 unspecified atom stereocenters. The van der Waals surface area contributed by atoms with Gasteiger partial charge in [0.15, 0.2) is 5.58 Å². The summed E-state index contributed by atoms with van der Waals surface area (Å²) in [4.78, 5) is 35.4. The van der Waals surface area contributed by atoms with E-state index in [0.29, 0.717) is 17.5 Å². The van der Waals surface area contributed by atoms with Crippen molar-refractivity contribution in [3.05, 3.63) is 34.3 Å². The molecule has 2 aromatic rings. The van der Waals surface area contributed by atoms with Gasteiger partial charge in [-0.25, -0.2) is 4.79 Å². The van der Waals surface area contributed by atoms with Crippen LogP contribution >= 0.6 is 0 Å². The molecule has 1 aliphatic rings. The highest BCUT2D eigenvalue weighted by Crippen LogP contribution is 2.28. The van der Waals surface area contributed by atoms with Crippen molar-refractivity contribution in [1.29, 1.82) is 0 Å². The molecule has 1 aromatic heterocycles. The number of hydrogen-bond donors (Lipinski definition) is 1. The van der Waals surface area contributed by atoms with Gasteiger partial charge in [-0.2, -0.15) is 0 Å². The van der Waals surface area contributed by atoms with Crippen molar-refractivity contribution in [1.82, 2.24) is 9.88 Å². The monoisotopic (exact) mass is 288 g/mol. The van der Waals surface area contributed by atoms with Gasteiger partial charge < -0.3 is 4.42 Å². The first-order chi connectivity index (χ1) is 9.99. The van der Waals surface area contributed by atoms with Crippen LogP contribution < -0.4 is 11.1 Å². The minimum absolute atomic E-state index is 0.203. The first-order valence-electron chi connectivity index (χ1n) is 6.96. The van der Waals surface area contributed by atoms with Crippen LogP contribution in [0.2, 0.25) is 0 Å². The third-order valence-electron chi connectivity index (χ3n) is 3.81. The third kappa shape index (κ3) is 2.16. The Kier molecular flexibility index (Phi) is 3.16. The summed E-state index contributed by atoms with van der Waals surface area (Å²) in [5, 5.41) is 2.27. The molecule has 6 heteroatoms. The molecular formula is C15H16N2O4. The summed E-state index contributed by atoms with van der Waals surface area (Å²) in [6.07, 6.45) is 0.532. The van der Waals surface area contributed by atoms with Crippen LogP contribution in [0.25, 0.3) is 11.1 Å². The molecule has 1 atom stereocenters. The maximum Gasteiger partial charge on any atom is 0.420 e. The predicted molar refractivity (Wildman–Crippen MR) is 76.0 cm³/mol. The fourth-order valence-electron chi connectivity index (χ4n) is 2.76. The molecule has 6 nitrogen and oxygen atoms in total. The lowest BCUT2D eigenvalue weighted by Crippen LogP contribution is -2.43. The summed E-state index contributed by atoms with van der Waals surface area (Å²) >= 11 is 0. The summed E-state index contributed by atoms with van der Waals surface area (Å²) in [5.41, 5.74) is 2.04. The Labute approximate surface area is 120 Å². The van der Waals surface area contributed by atoms with E-state index in [4.69, 9.17) is 4.42 Å². The number of rotatable bonds is 2. The Hall–Kier alpha value is -2.37. The third-order valence-corrected chi connectivity index (χ3v) is 3.81. The number of oxazole rings is 1. The Morgan fingerprint density at radius 1 is 1.29 bits per heavy atom. The number of amides is 2. The molecular weight excluding hydrogens is 272 g/mol. The maximum absolute atomic E-state index is 12.2. The van der Waals surface area contributed by atoms with Crippen molar-refractivity contribution in [2.24, 2.45) is 0 Å².